The summed E-state index contributed by atoms with van der Waals surface area (Å²) < 4.78 is 5.33. The van der Waals surface area contributed by atoms with Crippen LogP contribution in [0.25, 0.3) is 0 Å². The topological polar surface area (TPSA) is 93.4 Å². The number of anilines is 2. The highest BCUT2D eigenvalue weighted by molar-refractivity contribution is 5.95. The van der Waals surface area contributed by atoms with E-state index >= 15 is 0 Å². The molecule has 0 saturated carbocycles. The molecule has 1 unspecified atom stereocenters. The van der Waals surface area contributed by atoms with Gasteiger partial charge in [-0.05, 0) is 43.5 Å². The van der Waals surface area contributed by atoms with E-state index in [1.807, 2.05) is 37.3 Å². The first-order valence-corrected chi connectivity index (χ1v) is 9.57. The molecule has 0 aromatic heterocycles. The lowest BCUT2D eigenvalue weighted by Crippen LogP contribution is -2.26. The van der Waals surface area contributed by atoms with Gasteiger partial charge in [-0.3, -0.25) is 9.59 Å². The highest BCUT2D eigenvalue weighted by Gasteiger charge is 2.14. The van der Waals surface area contributed by atoms with Gasteiger partial charge in [-0.2, -0.15) is 0 Å². The fraction of sp³-hybridized carbons (Fsp3) is 0.364. The van der Waals surface area contributed by atoms with Crippen LogP contribution in [0.2, 0.25) is 0 Å². The van der Waals surface area contributed by atoms with Crippen LogP contribution in [0.5, 0.6) is 0 Å². The van der Waals surface area contributed by atoms with Crippen molar-refractivity contribution in [1.82, 2.24) is 5.32 Å². The number of carbonyl (C=O) groups is 2. The largest absolute Gasteiger partial charge is 0.397 e. The zero-order chi connectivity index (χ0) is 20.4. The summed E-state index contributed by atoms with van der Waals surface area (Å²) in [5.74, 6) is -0.152. The van der Waals surface area contributed by atoms with Crippen LogP contribution in [0.1, 0.15) is 54.6 Å². The first-order chi connectivity index (χ1) is 13.5. The molecule has 0 fully saturated rings. The molecule has 1 atom stereocenters. The smallest absolute Gasteiger partial charge is 0.251 e. The lowest BCUT2D eigenvalue weighted by Gasteiger charge is -2.15. The highest BCUT2D eigenvalue weighted by atomic mass is 16.5. The van der Waals surface area contributed by atoms with E-state index in [2.05, 4.69) is 10.6 Å². The average Bonchev–Trinajstić information content (AvgIpc) is 2.71. The number of methoxy groups -OCH3 is 1. The number of para-hydroxylation sites is 2. The summed E-state index contributed by atoms with van der Waals surface area (Å²) in [6.45, 7) is 2.49. The van der Waals surface area contributed by atoms with E-state index in [9.17, 15) is 9.59 Å². The van der Waals surface area contributed by atoms with Gasteiger partial charge in [0.05, 0.1) is 17.5 Å². The Balaban J connectivity index is 1.67. The first-order valence-electron chi connectivity index (χ1n) is 9.57. The predicted molar refractivity (Wildman–Crippen MR) is 112 cm³/mol. The Morgan fingerprint density at radius 2 is 1.75 bits per heavy atom. The summed E-state index contributed by atoms with van der Waals surface area (Å²) in [7, 11) is 1.63. The Morgan fingerprint density at radius 3 is 2.50 bits per heavy atom. The van der Waals surface area contributed by atoms with Crippen molar-refractivity contribution in [1.29, 1.82) is 0 Å². The maximum Gasteiger partial charge on any atom is 0.251 e. The molecule has 150 valence electrons. The van der Waals surface area contributed by atoms with Gasteiger partial charge in [0.2, 0.25) is 5.91 Å². The summed E-state index contributed by atoms with van der Waals surface area (Å²) in [5, 5.41) is 5.76. The fourth-order valence-corrected chi connectivity index (χ4v) is 2.89. The number of nitrogens with one attached hydrogen (secondary N) is 2. The Labute approximate surface area is 166 Å². The molecule has 0 radical (unpaired) electrons. The fourth-order valence-electron chi connectivity index (χ4n) is 2.89. The van der Waals surface area contributed by atoms with Gasteiger partial charge in [-0.25, -0.2) is 0 Å². The van der Waals surface area contributed by atoms with Gasteiger partial charge in [-0.1, -0.05) is 36.8 Å². The Morgan fingerprint density at radius 1 is 1.04 bits per heavy atom. The van der Waals surface area contributed by atoms with Crippen molar-refractivity contribution in [2.24, 2.45) is 0 Å². The number of unbranched alkanes of at least 4 members (excludes halogenated alkanes) is 2. The van der Waals surface area contributed by atoms with Crippen molar-refractivity contribution in [3.05, 3.63) is 59.7 Å². The summed E-state index contributed by atoms with van der Waals surface area (Å²) in [4.78, 5) is 24.4. The molecule has 0 aliphatic rings. The normalized spacial score (nSPS) is 11.6. The zero-order valence-electron chi connectivity index (χ0n) is 16.5. The van der Waals surface area contributed by atoms with E-state index in [1.165, 1.54) is 0 Å². The van der Waals surface area contributed by atoms with Crippen LogP contribution in [0.4, 0.5) is 11.4 Å². The highest BCUT2D eigenvalue weighted by Crippen LogP contribution is 2.20. The van der Waals surface area contributed by atoms with E-state index in [0.29, 0.717) is 29.9 Å². The van der Waals surface area contributed by atoms with Gasteiger partial charge in [-0.15, -0.1) is 0 Å². The van der Waals surface area contributed by atoms with Gasteiger partial charge in [0.25, 0.3) is 5.91 Å². The van der Waals surface area contributed by atoms with E-state index in [0.717, 1.165) is 24.8 Å². The number of benzene rings is 2. The van der Waals surface area contributed by atoms with Crippen LogP contribution >= 0.6 is 0 Å². The minimum absolute atomic E-state index is 0.0515. The molecule has 28 heavy (non-hydrogen) atoms. The Bertz CT molecular complexity index is 792. The molecule has 0 bridgehead atoms. The minimum atomic E-state index is -0.140. The molecule has 6 heteroatoms. The van der Waals surface area contributed by atoms with E-state index in [-0.39, 0.29) is 17.9 Å². The van der Waals surface area contributed by atoms with Crippen molar-refractivity contribution in [2.75, 3.05) is 24.7 Å². The number of nitrogens with two attached hydrogens (primary N) is 1. The number of hydrogen-bond donors (Lipinski definition) is 3. The first kappa shape index (κ1) is 21.4. The Kier molecular flexibility index (Phi) is 8.49. The third kappa shape index (κ3) is 6.39. The molecule has 0 spiro atoms. The van der Waals surface area contributed by atoms with Gasteiger partial charge < -0.3 is 21.1 Å². The summed E-state index contributed by atoms with van der Waals surface area (Å²) in [6.07, 6.45) is 2.71. The maximum absolute atomic E-state index is 12.4. The van der Waals surface area contributed by atoms with Crippen LogP contribution in [-0.4, -0.2) is 25.5 Å². The standard InChI is InChI=1S/C22H29N3O3/c1-16(28-2)17-10-5-6-11-18(17)22(27)24-15-9-3-4-14-21(26)25-20-13-8-7-12-19(20)23/h5-8,10-13,16H,3-4,9,14-15,23H2,1-2H3,(H,24,27)(H,25,26). The number of amides is 2. The molecule has 2 aromatic carbocycles. The maximum atomic E-state index is 12.4. The van der Waals surface area contributed by atoms with Crippen LogP contribution in [0.15, 0.2) is 48.5 Å². The third-order valence-corrected chi connectivity index (χ3v) is 4.60. The number of hydrogen-bond acceptors (Lipinski definition) is 4. The lowest BCUT2D eigenvalue weighted by atomic mass is 10.0. The SMILES string of the molecule is COC(C)c1ccccc1C(=O)NCCCCCC(=O)Nc1ccccc1N. The van der Waals surface area contributed by atoms with Crippen LogP contribution in [-0.2, 0) is 9.53 Å². The zero-order valence-corrected chi connectivity index (χ0v) is 16.5. The number of ether oxygens (including phenoxy) is 1. The van der Waals surface area contributed by atoms with Gasteiger partial charge in [0, 0.05) is 25.6 Å². The molecular formula is C22H29N3O3. The molecule has 2 aromatic rings. The summed E-state index contributed by atoms with van der Waals surface area (Å²) >= 11 is 0. The van der Waals surface area contributed by atoms with Crippen LogP contribution in [0, 0.1) is 0 Å². The second-order valence-corrected chi connectivity index (χ2v) is 6.67. The number of nitrogen functional groups attached to an aromatic ring is 1. The predicted octanol–water partition coefficient (Wildman–Crippen LogP) is 3.91. The quantitative estimate of drug-likeness (QED) is 0.428. The van der Waals surface area contributed by atoms with Gasteiger partial charge in [0.15, 0.2) is 0 Å². The van der Waals surface area contributed by atoms with E-state index in [1.54, 1.807) is 25.3 Å². The number of carbonyl (C=O) groups excluding carboxylic acids is 2. The molecule has 0 aliphatic heterocycles. The number of rotatable bonds is 10. The second kappa shape index (κ2) is 11.1. The molecule has 2 rings (SSSR count). The van der Waals surface area contributed by atoms with Crippen molar-refractivity contribution < 1.29 is 14.3 Å². The molecule has 0 heterocycles. The van der Waals surface area contributed by atoms with Crippen LogP contribution in [0.3, 0.4) is 0 Å². The average molecular weight is 383 g/mol. The van der Waals surface area contributed by atoms with Crippen LogP contribution < -0.4 is 16.4 Å². The lowest BCUT2D eigenvalue weighted by molar-refractivity contribution is -0.116. The molecule has 0 saturated heterocycles. The molecular weight excluding hydrogens is 354 g/mol. The van der Waals surface area contributed by atoms with Gasteiger partial charge in [0.1, 0.15) is 0 Å². The molecule has 2 amide bonds. The van der Waals surface area contributed by atoms with Crippen molar-refractivity contribution in [3.8, 4) is 0 Å². The molecule has 6 nitrogen and oxygen atoms in total. The summed E-state index contributed by atoms with van der Waals surface area (Å²) in [6, 6.07) is 14.7. The van der Waals surface area contributed by atoms with Gasteiger partial charge >= 0.3 is 0 Å². The van der Waals surface area contributed by atoms with Crippen molar-refractivity contribution >= 4 is 23.2 Å². The minimum Gasteiger partial charge on any atom is -0.397 e. The van der Waals surface area contributed by atoms with E-state index in [4.69, 9.17) is 10.5 Å². The van der Waals surface area contributed by atoms with E-state index < -0.39 is 0 Å². The monoisotopic (exact) mass is 383 g/mol. The van der Waals surface area contributed by atoms with Crippen molar-refractivity contribution in [2.45, 2.75) is 38.7 Å². The summed E-state index contributed by atoms with van der Waals surface area (Å²) in [5.41, 5.74) is 8.52. The van der Waals surface area contributed by atoms with Crippen molar-refractivity contribution in [3.63, 3.8) is 0 Å². The molecule has 0 aliphatic carbocycles. The third-order valence-electron chi connectivity index (χ3n) is 4.60. The second-order valence-electron chi connectivity index (χ2n) is 6.67. The Hall–Kier alpha value is -2.86. The molecule has 4 N–H and O–H groups in total.